The zero-order valence-electron chi connectivity index (χ0n) is 13.1. The van der Waals surface area contributed by atoms with Gasteiger partial charge in [-0.15, -0.1) is 0 Å². The number of rotatable bonds is 6. The fraction of sp³-hybridized carbons (Fsp3) is 0.625. The molecule has 2 rings (SSSR count). The first-order valence-electron chi connectivity index (χ1n) is 7.71. The molecule has 0 spiro atoms. The number of nitrogen functional groups attached to an aromatic ring is 1. The zero-order valence-corrected chi connectivity index (χ0v) is 13.1. The minimum absolute atomic E-state index is 0.182. The molecule has 5 heteroatoms. The molecule has 0 bridgehead atoms. The number of carbonyl (C=O) groups excluding carboxylic acids is 1. The minimum Gasteiger partial charge on any atom is -0.397 e. The van der Waals surface area contributed by atoms with E-state index in [0.717, 1.165) is 31.6 Å². The van der Waals surface area contributed by atoms with Crippen LogP contribution in [0.3, 0.4) is 0 Å². The van der Waals surface area contributed by atoms with Crippen LogP contribution in [0.15, 0.2) is 18.3 Å². The Morgan fingerprint density at radius 2 is 2.00 bits per heavy atom. The number of likely N-dealkylation sites (N-methyl/N-ethyl adjacent to an activating group) is 1. The monoisotopic (exact) mass is 290 g/mol. The molecule has 116 valence electrons. The molecule has 0 aliphatic heterocycles. The predicted molar refractivity (Wildman–Crippen MR) is 84.9 cm³/mol. The molecule has 0 atom stereocenters. The number of hydrogen-bond donors (Lipinski definition) is 1. The maximum Gasteiger partial charge on any atom is 0.228 e. The van der Waals surface area contributed by atoms with Crippen molar-refractivity contribution in [3.8, 4) is 0 Å². The highest BCUT2D eigenvalue weighted by molar-refractivity contribution is 5.78. The van der Waals surface area contributed by atoms with Crippen LogP contribution in [0.1, 0.15) is 31.4 Å². The van der Waals surface area contributed by atoms with Crippen LogP contribution in [0.2, 0.25) is 0 Å². The molecule has 1 aromatic heterocycles. The summed E-state index contributed by atoms with van der Waals surface area (Å²) in [6.45, 7) is 1.70. The van der Waals surface area contributed by atoms with Crippen molar-refractivity contribution in [1.29, 1.82) is 0 Å². The van der Waals surface area contributed by atoms with Crippen LogP contribution >= 0.6 is 0 Å². The van der Waals surface area contributed by atoms with Gasteiger partial charge < -0.3 is 15.5 Å². The van der Waals surface area contributed by atoms with Gasteiger partial charge in [-0.2, -0.15) is 0 Å². The molecule has 5 nitrogen and oxygen atoms in total. The lowest BCUT2D eigenvalue weighted by atomic mass is 10.1. The molecule has 21 heavy (non-hydrogen) atoms. The highest BCUT2D eigenvalue weighted by atomic mass is 16.2. The second-order valence-corrected chi connectivity index (χ2v) is 6.09. The van der Waals surface area contributed by atoms with Crippen LogP contribution < -0.4 is 5.73 Å². The summed E-state index contributed by atoms with van der Waals surface area (Å²) in [4.78, 5) is 21.1. The van der Waals surface area contributed by atoms with Gasteiger partial charge in [0, 0.05) is 24.8 Å². The molecule has 1 amide bonds. The van der Waals surface area contributed by atoms with Gasteiger partial charge in [-0.1, -0.05) is 12.8 Å². The summed E-state index contributed by atoms with van der Waals surface area (Å²) < 4.78 is 0. The van der Waals surface area contributed by atoms with Crippen molar-refractivity contribution >= 4 is 11.6 Å². The van der Waals surface area contributed by atoms with E-state index in [1.54, 1.807) is 12.3 Å². The van der Waals surface area contributed by atoms with Crippen molar-refractivity contribution in [2.45, 2.75) is 38.1 Å². The van der Waals surface area contributed by atoms with Gasteiger partial charge in [0.25, 0.3) is 0 Å². The van der Waals surface area contributed by atoms with Gasteiger partial charge in [-0.3, -0.25) is 9.78 Å². The Bertz CT molecular complexity index is 452. The van der Waals surface area contributed by atoms with Crippen LogP contribution in [0.25, 0.3) is 0 Å². The second kappa shape index (κ2) is 7.41. The van der Waals surface area contributed by atoms with Gasteiger partial charge in [-0.25, -0.2) is 0 Å². The highest BCUT2D eigenvalue weighted by Crippen LogP contribution is 2.24. The number of nitrogens with two attached hydrogens (primary N) is 1. The quantitative estimate of drug-likeness (QED) is 0.863. The van der Waals surface area contributed by atoms with E-state index in [9.17, 15) is 4.79 Å². The third-order valence-electron chi connectivity index (χ3n) is 4.05. The SMILES string of the molecule is CN(C)CCN(C(=O)Cc1ccc(N)cn1)C1CCCC1. The van der Waals surface area contributed by atoms with Crippen molar-refractivity contribution in [3.63, 3.8) is 0 Å². The summed E-state index contributed by atoms with van der Waals surface area (Å²) in [6.07, 6.45) is 6.71. The van der Waals surface area contributed by atoms with Gasteiger partial charge in [0.15, 0.2) is 0 Å². The number of nitrogens with zero attached hydrogens (tertiary/aromatic N) is 3. The van der Waals surface area contributed by atoms with E-state index in [1.807, 2.05) is 20.2 Å². The summed E-state index contributed by atoms with van der Waals surface area (Å²) in [5.41, 5.74) is 7.06. The summed E-state index contributed by atoms with van der Waals surface area (Å²) in [5.74, 6) is 0.182. The van der Waals surface area contributed by atoms with E-state index in [1.165, 1.54) is 12.8 Å². The predicted octanol–water partition coefficient (Wildman–Crippen LogP) is 1.54. The molecule has 1 heterocycles. The Kier molecular flexibility index (Phi) is 5.56. The summed E-state index contributed by atoms with van der Waals surface area (Å²) in [6, 6.07) is 4.05. The lowest BCUT2D eigenvalue weighted by Crippen LogP contribution is -2.43. The molecule has 1 aromatic rings. The molecular formula is C16H26N4O. The van der Waals surface area contributed by atoms with Gasteiger partial charge in [0.2, 0.25) is 5.91 Å². The zero-order chi connectivity index (χ0) is 15.2. The number of carbonyl (C=O) groups is 1. The Hall–Kier alpha value is -1.62. The first-order valence-corrected chi connectivity index (χ1v) is 7.71. The first kappa shape index (κ1) is 15.8. The number of anilines is 1. The normalized spacial score (nSPS) is 15.6. The maximum absolute atomic E-state index is 12.6. The summed E-state index contributed by atoms with van der Waals surface area (Å²) in [7, 11) is 4.08. The smallest absolute Gasteiger partial charge is 0.228 e. The van der Waals surface area contributed by atoms with E-state index in [-0.39, 0.29) is 5.91 Å². The molecule has 0 radical (unpaired) electrons. The van der Waals surface area contributed by atoms with Crippen molar-refractivity contribution in [3.05, 3.63) is 24.0 Å². The summed E-state index contributed by atoms with van der Waals surface area (Å²) in [5, 5.41) is 0. The molecule has 1 fully saturated rings. The molecular weight excluding hydrogens is 264 g/mol. The van der Waals surface area contributed by atoms with Crippen LogP contribution in [0.4, 0.5) is 5.69 Å². The largest absolute Gasteiger partial charge is 0.397 e. The van der Waals surface area contributed by atoms with Gasteiger partial charge in [-0.05, 0) is 39.1 Å². The number of hydrogen-bond acceptors (Lipinski definition) is 4. The molecule has 0 unspecified atom stereocenters. The Morgan fingerprint density at radius 1 is 1.29 bits per heavy atom. The van der Waals surface area contributed by atoms with Gasteiger partial charge in [0.05, 0.1) is 18.3 Å². The minimum atomic E-state index is 0.182. The number of amides is 1. The summed E-state index contributed by atoms with van der Waals surface area (Å²) >= 11 is 0. The second-order valence-electron chi connectivity index (χ2n) is 6.09. The van der Waals surface area contributed by atoms with E-state index in [2.05, 4.69) is 14.8 Å². The fourth-order valence-electron chi connectivity index (χ4n) is 2.83. The van der Waals surface area contributed by atoms with Crippen LogP contribution in [0, 0.1) is 0 Å². The Balaban J connectivity index is 2.00. The van der Waals surface area contributed by atoms with Crippen LogP contribution in [-0.4, -0.2) is 53.9 Å². The number of pyridine rings is 1. The molecule has 2 N–H and O–H groups in total. The van der Waals surface area contributed by atoms with Crippen molar-refractivity contribution in [2.24, 2.45) is 0 Å². The van der Waals surface area contributed by atoms with Crippen LogP contribution in [0.5, 0.6) is 0 Å². The van der Waals surface area contributed by atoms with Crippen molar-refractivity contribution in [1.82, 2.24) is 14.8 Å². The average molecular weight is 290 g/mol. The van der Waals surface area contributed by atoms with Gasteiger partial charge >= 0.3 is 0 Å². The third-order valence-corrected chi connectivity index (χ3v) is 4.05. The first-order chi connectivity index (χ1) is 10.1. The molecule has 0 aromatic carbocycles. The maximum atomic E-state index is 12.6. The van der Waals surface area contributed by atoms with Crippen LogP contribution in [-0.2, 0) is 11.2 Å². The van der Waals surface area contributed by atoms with E-state index >= 15 is 0 Å². The van der Waals surface area contributed by atoms with E-state index < -0.39 is 0 Å². The van der Waals surface area contributed by atoms with Crippen molar-refractivity contribution in [2.75, 3.05) is 32.9 Å². The van der Waals surface area contributed by atoms with E-state index in [4.69, 9.17) is 5.73 Å². The number of aromatic nitrogens is 1. The van der Waals surface area contributed by atoms with Gasteiger partial charge in [0.1, 0.15) is 0 Å². The Labute approximate surface area is 127 Å². The molecule has 1 aliphatic carbocycles. The topological polar surface area (TPSA) is 62.5 Å². The van der Waals surface area contributed by atoms with E-state index in [0.29, 0.717) is 18.2 Å². The molecule has 1 aliphatic rings. The molecule has 0 saturated heterocycles. The Morgan fingerprint density at radius 3 is 2.57 bits per heavy atom. The lowest BCUT2D eigenvalue weighted by Gasteiger charge is -2.30. The standard InChI is InChI=1S/C16H26N4O/c1-19(2)9-10-20(15-5-3-4-6-15)16(21)11-14-8-7-13(17)12-18-14/h7-8,12,15H,3-6,9-11,17H2,1-2H3. The van der Waals surface area contributed by atoms with Crippen molar-refractivity contribution < 1.29 is 4.79 Å². The fourth-order valence-corrected chi connectivity index (χ4v) is 2.83. The third kappa shape index (κ3) is 4.70. The lowest BCUT2D eigenvalue weighted by molar-refractivity contribution is -0.132. The average Bonchev–Trinajstić information content (AvgIpc) is 2.95. The molecule has 1 saturated carbocycles. The highest BCUT2D eigenvalue weighted by Gasteiger charge is 2.26.